The van der Waals surface area contributed by atoms with Gasteiger partial charge in [0, 0.05) is 18.2 Å². The Hall–Kier alpha value is -2.70. The summed E-state index contributed by atoms with van der Waals surface area (Å²) in [5, 5.41) is 15.5. The number of hydrogen-bond acceptors (Lipinski definition) is 4. The van der Waals surface area contributed by atoms with Crippen LogP contribution >= 0.6 is 0 Å². The van der Waals surface area contributed by atoms with Crippen LogP contribution in [0.4, 0.5) is 11.5 Å². The van der Waals surface area contributed by atoms with Gasteiger partial charge in [0.2, 0.25) is 0 Å². The molecule has 2 aromatic rings. The zero-order valence-corrected chi connectivity index (χ0v) is 13.3. The molecule has 3 rings (SSSR count). The van der Waals surface area contributed by atoms with Crippen LogP contribution in [0, 0.1) is 17.0 Å². The summed E-state index contributed by atoms with van der Waals surface area (Å²) in [6.07, 6.45) is 2.40. The molecule has 2 atom stereocenters. The number of fused-ring (bicyclic) bond motifs is 1. The Kier molecular flexibility index (Phi) is 3.63. The molecule has 1 aliphatic heterocycles. The first-order valence-electron chi connectivity index (χ1n) is 7.52. The maximum Gasteiger partial charge on any atom is 0.282 e. The van der Waals surface area contributed by atoms with Gasteiger partial charge in [0.25, 0.3) is 11.6 Å². The second kappa shape index (κ2) is 5.49. The van der Waals surface area contributed by atoms with Crippen molar-refractivity contribution in [3.63, 3.8) is 0 Å². The van der Waals surface area contributed by atoms with Gasteiger partial charge in [-0.1, -0.05) is 6.07 Å². The van der Waals surface area contributed by atoms with Crippen LogP contribution in [-0.2, 0) is 0 Å². The molecule has 23 heavy (non-hydrogen) atoms. The Morgan fingerprint density at radius 1 is 1.30 bits per heavy atom. The van der Waals surface area contributed by atoms with E-state index in [1.165, 1.54) is 6.07 Å². The van der Waals surface area contributed by atoms with Crippen LogP contribution in [0.5, 0.6) is 0 Å². The van der Waals surface area contributed by atoms with Crippen molar-refractivity contribution in [1.82, 2.24) is 9.78 Å². The Morgan fingerprint density at radius 2 is 2.04 bits per heavy atom. The van der Waals surface area contributed by atoms with Crippen LogP contribution in [0.1, 0.15) is 42.2 Å². The normalized spacial score (nSPS) is 20.2. The molecule has 0 aliphatic carbocycles. The highest BCUT2D eigenvalue weighted by Gasteiger charge is 2.35. The fraction of sp³-hybridized carbons (Fsp3) is 0.375. The summed E-state index contributed by atoms with van der Waals surface area (Å²) in [4.78, 5) is 25.4. The van der Waals surface area contributed by atoms with Gasteiger partial charge < -0.3 is 0 Å². The van der Waals surface area contributed by atoms with Crippen LogP contribution in [0.15, 0.2) is 30.5 Å². The number of carbonyl (C=O) groups is 1. The number of rotatable bonds is 2. The van der Waals surface area contributed by atoms with Crippen molar-refractivity contribution in [1.29, 1.82) is 0 Å². The lowest BCUT2D eigenvalue weighted by Crippen LogP contribution is -2.45. The second-order valence-corrected chi connectivity index (χ2v) is 6.02. The fourth-order valence-electron chi connectivity index (χ4n) is 3.18. The SMILES string of the molecule is Cc1ccc([N+](=O)[O-])c(C(=O)N2c3ccnn3[C@@H](C)C[C@H]2C)c1. The number of amides is 1. The van der Waals surface area contributed by atoms with Crippen LogP contribution in [0.2, 0.25) is 0 Å². The molecule has 2 heterocycles. The minimum absolute atomic E-state index is 0.0539. The summed E-state index contributed by atoms with van der Waals surface area (Å²) in [5.74, 6) is 0.318. The van der Waals surface area contributed by atoms with Gasteiger partial charge in [-0.15, -0.1) is 0 Å². The number of aromatic nitrogens is 2. The summed E-state index contributed by atoms with van der Waals surface area (Å²) >= 11 is 0. The highest BCUT2D eigenvalue weighted by Crippen LogP contribution is 2.33. The lowest BCUT2D eigenvalue weighted by atomic mass is 10.0. The van der Waals surface area contributed by atoms with Crippen LogP contribution in [-0.4, -0.2) is 26.7 Å². The lowest BCUT2D eigenvalue weighted by molar-refractivity contribution is -0.385. The van der Waals surface area contributed by atoms with E-state index < -0.39 is 4.92 Å². The molecule has 0 radical (unpaired) electrons. The number of benzene rings is 1. The molecule has 1 aromatic heterocycles. The predicted molar refractivity (Wildman–Crippen MR) is 85.7 cm³/mol. The van der Waals surface area contributed by atoms with Crippen LogP contribution in [0.3, 0.4) is 0 Å². The standard InChI is InChI=1S/C16H18N4O3/c1-10-4-5-14(20(22)23)13(8-10)16(21)18-11(2)9-12(3)19-15(18)6-7-17-19/h4-8,11-12H,9H2,1-3H3/t11-,12+/m1/s1. The van der Waals surface area contributed by atoms with Gasteiger partial charge in [-0.25, -0.2) is 4.68 Å². The highest BCUT2D eigenvalue weighted by atomic mass is 16.6. The smallest absolute Gasteiger partial charge is 0.282 e. The Morgan fingerprint density at radius 3 is 2.74 bits per heavy atom. The average Bonchev–Trinajstić information content (AvgIpc) is 2.96. The maximum atomic E-state index is 13.0. The van der Waals surface area contributed by atoms with E-state index in [9.17, 15) is 14.9 Å². The van der Waals surface area contributed by atoms with Crippen LogP contribution < -0.4 is 4.90 Å². The lowest BCUT2D eigenvalue weighted by Gasteiger charge is -2.36. The first-order chi connectivity index (χ1) is 10.9. The second-order valence-electron chi connectivity index (χ2n) is 6.02. The van der Waals surface area contributed by atoms with Crippen LogP contribution in [0.25, 0.3) is 0 Å². The Balaban J connectivity index is 2.10. The van der Waals surface area contributed by atoms with Crippen molar-refractivity contribution in [3.05, 3.63) is 51.7 Å². The van der Waals surface area contributed by atoms with E-state index in [-0.39, 0.29) is 29.2 Å². The van der Waals surface area contributed by atoms with E-state index in [4.69, 9.17) is 0 Å². The Labute approximate surface area is 133 Å². The summed E-state index contributed by atoms with van der Waals surface area (Å²) in [6.45, 7) is 5.81. The largest absolute Gasteiger partial charge is 0.290 e. The number of hydrogen-bond donors (Lipinski definition) is 0. The molecule has 0 saturated carbocycles. The summed E-state index contributed by atoms with van der Waals surface area (Å²) in [5.41, 5.74) is 0.757. The van der Waals surface area contributed by atoms with Gasteiger partial charge in [0.1, 0.15) is 11.4 Å². The number of nitro benzene ring substituents is 1. The van der Waals surface area contributed by atoms with Crippen molar-refractivity contribution in [2.75, 3.05) is 4.90 Å². The molecule has 0 spiro atoms. The van der Waals surface area contributed by atoms with Gasteiger partial charge in [0.05, 0.1) is 17.2 Å². The molecule has 1 aliphatic rings. The molecule has 0 N–H and O–H groups in total. The first-order valence-corrected chi connectivity index (χ1v) is 7.52. The molecular weight excluding hydrogens is 296 g/mol. The number of nitro groups is 1. The molecule has 0 fully saturated rings. The molecule has 7 heteroatoms. The van der Waals surface area contributed by atoms with Gasteiger partial charge in [-0.2, -0.15) is 5.10 Å². The van der Waals surface area contributed by atoms with Crippen molar-refractivity contribution in [2.24, 2.45) is 0 Å². The van der Waals surface area contributed by atoms with E-state index >= 15 is 0 Å². The van der Waals surface area contributed by atoms with E-state index in [0.717, 1.165) is 12.0 Å². The quantitative estimate of drug-likeness (QED) is 0.630. The number of nitrogens with zero attached hydrogens (tertiary/aromatic N) is 4. The van der Waals surface area contributed by atoms with Gasteiger partial charge in [0.15, 0.2) is 0 Å². The molecule has 1 aromatic carbocycles. The van der Waals surface area contributed by atoms with Crippen molar-refractivity contribution in [3.8, 4) is 0 Å². The van der Waals surface area contributed by atoms with E-state index in [2.05, 4.69) is 5.10 Å². The first kappa shape index (κ1) is 15.2. The van der Waals surface area contributed by atoms with E-state index in [0.29, 0.717) is 5.82 Å². The van der Waals surface area contributed by atoms with E-state index in [1.807, 2.05) is 20.8 Å². The van der Waals surface area contributed by atoms with Crippen molar-refractivity contribution >= 4 is 17.4 Å². The van der Waals surface area contributed by atoms with Gasteiger partial charge in [-0.05, 0) is 38.8 Å². The zero-order chi connectivity index (χ0) is 16.7. The minimum atomic E-state index is -0.513. The minimum Gasteiger partial charge on any atom is -0.290 e. The molecule has 7 nitrogen and oxygen atoms in total. The molecule has 0 unspecified atom stereocenters. The maximum absolute atomic E-state index is 13.0. The van der Waals surface area contributed by atoms with Crippen molar-refractivity contribution < 1.29 is 9.72 Å². The third-order valence-corrected chi connectivity index (χ3v) is 4.23. The van der Waals surface area contributed by atoms with Gasteiger partial charge >= 0.3 is 0 Å². The summed E-state index contributed by atoms with van der Waals surface area (Å²) in [7, 11) is 0. The summed E-state index contributed by atoms with van der Waals surface area (Å²) in [6, 6.07) is 6.50. The zero-order valence-electron chi connectivity index (χ0n) is 13.3. The molecule has 0 saturated heterocycles. The number of anilines is 1. The Bertz CT molecular complexity index is 783. The van der Waals surface area contributed by atoms with E-state index in [1.54, 1.807) is 34.0 Å². The summed E-state index contributed by atoms with van der Waals surface area (Å²) < 4.78 is 1.79. The monoisotopic (exact) mass is 314 g/mol. The predicted octanol–water partition coefficient (Wildman–Crippen LogP) is 3.10. The van der Waals surface area contributed by atoms with Crippen molar-refractivity contribution in [2.45, 2.75) is 39.3 Å². The number of aryl methyl sites for hydroxylation is 1. The molecule has 1 amide bonds. The molecule has 120 valence electrons. The topological polar surface area (TPSA) is 81.3 Å². The number of carbonyl (C=O) groups excluding carboxylic acids is 1. The molecule has 0 bridgehead atoms. The fourth-order valence-corrected chi connectivity index (χ4v) is 3.18. The molecular formula is C16H18N4O3. The average molecular weight is 314 g/mol. The van der Waals surface area contributed by atoms with Gasteiger partial charge in [-0.3, -0.25) is 19.8 Å². The third kappa shape index (κ3) is 2.48. The highest BCUT2D eigenvalue weighted by molar-refractivity contribution is 6.08. The third-order valence-electron chi connectivity index (χ3n) is 4.23.